The van der Waals surface area contributed by atoms with Gasteiger partial charge in [-0.1, -0.05) is 38.0 Å². The lowest BCUT2D eigenvalue weighted by molar-refractivity contribution is 0.0679. The summed E-state index contributed by atoms with van der Waals surface area (Å²) in [5.74, 6) is 1.85. The van der Waals surface area contributed by atoms with Crippen LogP contribution in [0.5, 0.6) is 11.5 Å². The second-order valence-corrected chi connectivity index (χ2v) is 6.99. The molecule has 0 aliphatic carbocycles. The molecule has 1 unspecified atom stereocenters. The molecule has 1 saturated heterocycles. The Balaban J connectivity index is 1.46. The lowest BCUT2D eigenvalue weighted by atomic mass is 10.2. The number of para-hydroxylation sites is 1. The number of benzene rings is 2. The Kier molecular flexibility index (Phi) is 7.84. The topological polar surface area (TPSA) is 39.7 Å². The van der Waals surface area contributed by atoms with E-state index in [1.165, 1.54) is 18.4 Å². The van der Waals surface area contributed by atoms with Gasteiger partial charge in [-0.15, -0.1) is 0 Å². The second-order valence-electron chi connectivity index (χ2n) is 6.99. The average Bonchev–Trinajstić information content (AvgIpc) is 3.23. The molecule has 1 aliphatic rings. The van der Waals surface area contributed by atoms with Crippen LogP contribution in [0.1, 0.15) is 44.6 Å². The maximum Gasteiger partial charge on any atom is 0.124 e. The van der Waals surface area contributed by atoms with Gasteiger partial charge in [-0.2, -0.15) is 0 Å². The molecular weight excluding hydrogens is 338 g/mol. The zero-order valence-electron chi connectivity index (χ0n) is 16.3. The van der Waals surface area contributed by atoms with Crippen molar-refractivity contribution in [1.29, 1.82) is 0 Å². The van der Waals surface area contributed by atoms with Crippen LogP contribution in [0.15, 0.2) is 48.5 Å². The molecule has 2 aromatic rings. The molecule has 0 saturated carbocycles. The third kappa shape index (κ3) is 6.47. The molecule has 4 nitrogen and oxygen atoms in total. The molecule has 27 heavy (non-hydrogen) atoms. The summed E-state index contributed by atoms with van der Waals surface area (Å²) in [5.41, 5.74) is 2.24. The molecule has 0 radical (unpaired) electrons. The third-order valence-corrected chi connectivity index (χ3v) is 4.78. The van der Waals surface area contributed by atoms with Gasteiger partial charge in [-0.25, -0.2) is 0 Å². The standard InChI is InChI=1S/C23H31NO3/c1-2-3-6-15-26-23-10-5-4-8-19(23)17-24-20-11-13-21(14-12-20)27-18-22-9-7-16-25-22/h4-5,8,10-14,22,24H,2-3,6-7,9,15-18H2,1H3. The van der Waals surface area contributed by atoms with Crippen molar-refractivity contribution in [1.82, 2.24) is 0 Å². The number of unbranched alkanes of at least 4 members (excludes halogenated alkanes) is 2. The van der Waals surface area contributed by atoms with Gasteiger partial charge in [-0.05, 0) is 49.6 Å². The van der Waals surface area contributed by atoms with Crippen LogP contribution < -0.4 is 14.8 Å². The van der Waals surface area contributed by atoms with Gasteiger partial charge in [0, 0.05) is 24.4 Å². The molecule has 1 aliphatic heterocycles. The largest absolute Gasteiger partial charge is 0.493 e. The number of hydrogen-bond acceptors (Lipinski definition) is 4. The summed E-state index contributed by atoms with van der Waals surface area (Å²) >= 11 is 0. The maximum absolute atomic E-state index is 5.96. The smallest absolute Gasteiger partial charge is 0.124 e. The SMILES string of the molecule is CCCCCOc1ccccc1CNc1ccc(OCC2CCCO2)cc1. The Morgan fingerprint density at radius 3 is 2.67 bits per heavy atom. The van der Waals surface area contributed by atoms with E-state index in [1.807, 2.05) is 24.3 Å². The first-order valence-electron chi connectivity index (χ1n) is 10.1. The van der Waals surface area contributed by atoms with Gasteiger partial charge >= 0.3 is 0 Å². The lowest BCUT2D eigenvalue weighted by Gasteiger charge is -2.14. The van der Waals surface area contributed by atoms with Crippen molar-refractivity contribution in [2.75, 3.05) is 25.1 Å². The highest BCUT2D eigenvalue weighted by Crippen LogP contribution is 2.22. The molecule has 0 amide bonds. The summed E-state index contributed by atoms with van der Waals surface area (Å²) in [6.07, 6.45) is 6.00. The van der Waals surface area contributed by atoms with Crippen LogP contribution in [0.3, 0.4) is 0 Å². The maximum atomic E-state index is 5.96. The highest BCUT2D eigenvalue weighted by atomic mass is 16.5. The van der Waals surface area contributed by atoms with Gasteiger partial charge < -0.3 is 19.5 Å². The molecule has 1 atom stereocenters. The van der Waals surface area contributed by atoms with Crippen molar-refractivity contribution in [3.8, 4) is 11.5 Å². The Labute approximate surface area is 162 Å². The van der Waals surface area contributed by atoms with Crippen molar-refractivity contribution in [2.45, 2.75) is 51.7 Å². The van der Waals surface area contributed by atoms with E-state index < -0.39 is 0 Å². The van der Waals surface area contributed by atoms with E-state index in [0.717, 1.165) is 56.2 Å². The number of ether oxygens (including phenoxy) is 3. The van der Waals surface area contributed by atoms with Crippen LogP contribution >= 0.6 is 0 Å². The zero-order valence-corrected chi connectivity index (χ0v) is 16.3. The van der Waals surface area contributed by atoms with E-state index in [2.05, 4.69) is 36.5 Å². The molecule has 0 spiro atoms. The molecule has 1 N–H and O–H groups in total. The monoisotopic (exact) mass is 369 g/mol. The first-order valence-corrected chi connectivity index (χ1v) is 10.1. The average molecular weight is 370 g/mol. The van der Waals surface area contributed by atoms with Gasteiger partial charge in [0.1, 0.15) is 18.1 Å². The highest BCUT2D eigenvalue weighted by Gasteiger charge is 2.15. The van der Waals surface area contributed by atoms with E-state index in [4.69, 9.17) is 14.2 Å². The summed E-state index contributed by atoms with van der Waals surface area (Å²) in [4.78, 5) is 0. The van der Waals surface area contributed by atoms with Crippen molar-refractivity contribution >= 4 is 5.69 Å². The highest BCUT2D eigenvalue weighted by molar-refractivity contribution is 5.48. The Morgan fingerprint density at radius 2 is 1.89 bits per heavy atom. The van der Waals surface area contributed by atoms with E-state index >= 15 is 0 Å². The van der Waals surface area contributed by atoms with Crippen LogP contribution in [0.4, 0.5) is 5.69 Å². The van der Waals surface area contributed by atoms with Crippen molar-refractivity contribution < 1.29 is 14.2 Å². The van der Waals surface area contributed by atoms with Crippen molar-refractivity contribution in [3.63, 3.8) is 0 Å². The van der Waals surface area contributed by atoms with Crippen molar-refractivity contribution in [2.24, 2.45) is 0 Å². The molecule has 0 aromatic heterocycles. The van der Waals surface area contributed by atoms with Gasteiger partial charge in [0.15, 0.2) is 0 Å². The first kappa shape index (κ1) is 19.6. The van der Waals surface area contributed by atoms with Gasteiger partial charge in [0.25, 0.3) is 0 Å². The lowest BCUT2D eigenvalue weighted by Crippen LogP contribution is -2.16. The fraction of sp³-hybridized carbons (Fsp3) is 0.478. The number of nitrogens with one attached hydrogen (secondary N) is 1. The predicted octanol–water partition coefficient (Wildman–Crippen LogP) is 5.43. The Bertz CT molecular complexity index is 666. The summed E-state index contributed by atoms with van der Waals surface area (Å²) in [6.45, 7) is 5.22. The third-order valence-electron chi connectivity index (χ3n) is 4.78. The van der Waals surface area contributed by atoms with E-state index in [9.17, 15) is 0 Å². The van der Waals surface area contributed by atoms with Crippen LogP contribution in [0, 0.1) is 0 Å². The fourth-order valence-corrected chi connectivity index (χ4v) is 3.16. The van der Waals surface area contributed by atoms with E-state index in [1.54, 1.807) is 0 Å². The molecule has 2 aromatic carbocycles. The summed E-state index contributed by atoms with van der Waals surface area (Å²) in [7, 11) is 0. The van der Waals surface area contributed by atoms with Gasteiger partial charge in [0.2, 0.25) is 0 Å². The molecule has 146 valence electrons. The zero-order chi connectivity index (χ0) is 18.7. The first-order chi connectivity index (χ1) is 13.3. The Hall–Kier alpha value is -2.20. The number of hydrogen-bond donors (Lipinski definition) is 1. The van der Waals surface area contributed by atoms with Gasteiger partial charge in [-0.3, -0.25) is 0 Å². The number of anilines is 1. The molecule has 4 heteroatoms. The van der Waals surface area contributed by atoms with Crippen LogP contribution in [-0.4, -0.2) is 25.9 Å². The minimum Gasteiger partial charge on any atom is -0.493 e. The number of rotatable bonds is 11. The molecule has 3 rings (SSSR count). The minimum absolute atomic E-state index is 0.247. The van der Waals surface area contributed by atoms with E-state index in [0.29, 0.717) is 6.61 Å². The summed E-state index contributed by atoms with van der Waals surface area (Å²) < 4.78 is 17.4. The fourth-order valence-electron chi connectivity index (χ4n) is 3.16. The quantitative estimate of drug-likeness (QED) is 0.537. The predicted molar refractivity (Wildman–Crippen MR) is 110 cm³/mol. The Morgan fingerprint density at radius 1 is 1.04 bits per heavy atom. The summed E-state index contributed by atoms with van der Waals surface area (Å²) in [5, 5.41) is 3.47. The van der Waals surface area contributed by atoms with Crippen LogP contribution in [0.25, 0.3) is 0 Å². The molecule has 1 heterocycles. The minimum atomic E-state index is 0.247. The van der Waals surface area contributed by atoms with Crippen LogP contribution in [-0.2, 0) is 11.3 Å². The van der Waals surface area contributed by atoms with E-state index in [-0.39, 0.29) is 6.10 Å². The second kappa shape index (κ2) is 10.8. The van der Waals surface area contributed by atoms with Crippen LogP contribution in [0.2, 0.25) is 0 Å². The molecule has 0 bridgehead atoms. The summed E-state index contributed by atoms with van der Waals surface area (Å²) in [6, 6.07) is 16.4. The normalized spacial score (nSPS) is 16.3. The molecule has 1 fully saturated rings. The van der Waals surface area contributed by atoms with Gasteiger partial charge in [0.05, 0.1) is 12.7 Å². The van der Waals surface area contributed by atoms with Crippen molar-refractivity contribution in [3.05, 3.63) is 54.1 Å². The molecular formula is C23H31NO3.